The average Bonchev–Trinajstić information content (AvgIpc) is 2.60. The summed E-state index contributed by atoms with van der Waals surface area (Å²) in [5, 5.41) is 0. The van der Waals surface area contributed by atoms with Crippen LogP contribution < -0.4 is 5.73 Å². The van der Waals surface area contributed by atoms with E-state index in [1.807, 2.05) is 6.07 Å². The van der Waals surface area contributed by atoms with Crippen LogP contribution in [0.3, 0.4) is 0 Å². The number of ether oxygens (including phenoxy) is 1. The lowest BCUT2D eigenvalue weighted by atomic mass is 10.2. The van der Waals surface area contributed by atoms with Gasteiger partial charge in [-0.15, -0.1) is 11.3 Å². The molecule has 0 spiro atoms. The Bertz CT molecular complexity index is 277. The number of rotatable bonds is 5. The minimum Gasteiger partial charge on any atom is -0.368 e. The molecule has 0 aromatic carbocycles. The molecule has 0 aliphatic heterocycles. The third-order valence-corrected chi connectivity index (χ3v) is 3.81. The van der Waals surface area contributed by atoms with Crippen molar-refractivity contribution in [2.75, 3.05) is 6.54 Å². The van der Waals surface area contributed by atoms with Gasteiger partial charge in [0.25, 0.3) is 0 Å². The zero-order chi connectivity index (χ0) is 10.6. The number of hydrogen-bond acceptors (Lipinski definition) is 3. The minimum absolute atomic E-state index is 0.0428. The molecule has 0 aliphatic carbocycles. The highest BCUT2D eigenvalue weighted by molar-refractivity contribution is 9.11. The lowest BCUT2D eigenvalue weighted by Crippen LogP contribution is -2.19. The quantitative estimate of drug-likeness (QED) is 0.896. The van der Waals surface area contributed by atoms with Crippen LogP contribution in [-0.2, 0) is 4.74 Å². The Morgan fingerprint density at radius 1 is 1.57 bits per heavy atom. The summed E-state index contributed by atoms with van der Waals surface area (Å²) in [6, 6.07) is 4.09. The fourth-order valence-corrected chi connectivity index (χ4v) is 2.59. The Morgan fingerprint density at radius 2 is 2.29 bits per heavy atom. The molecule has 2 unspecified atom stereocenters. The lowest BCUT2D eigenvalue weighted by molar-refractivity contribution is 0.00190. The molecule has 1 rings (SSSR count). The molecule has 4 heteroatoms. The first kappa shape index (κ1) is 12.2. The van der Waals surface area contributed by atoms with Crippen molar-refractivity contribution in [1.29, 1.82) is 0 Å². The van der Waals surface area contributed by atoms with Gasteiger partial charge >= 0.3 is 0 Å². The number of nitrogens with two attached hydrogens (primary N) is 1. The highest BCUT2D eigenvalue weighted by atomic mass is 79.9. The van der Waals surface area contributed by atoms with Crippen molar-refractivity contribution in [3.8, 4) is 0 Å². The van der Waals surface area contributed by atoms with Gasteiger partial charge in [0.1, 0.15) is 6.10 Å². The average molecular weight is 278 g/mol. The van der Waals surface area contributed by atoms with Crippen molar-refractivity contribution in [2.45, 2.75) is 32.5 Å². The summed E-state index contributed by atoms with van der Waals surface area (Å²) in [5.74, 6) is 0. The Balaban J connectivity index is 2.62. The van der Waals surface area contributed by atoms with Crippen LogP contribution >= 0.6 is 27.3 Å². The Labute approximate surface area is 97.6 Å². The molecule has 0 amide bonds. The molecule has 2 nitrogen and oxygen atoms in total. The predicted molar refractivity (Wildman–Crippen MR) is 64.7 cm³/mol. The lowest BCUT2D eigenvalue weighted by Gasteiger charge is -2.19. The molecular weight excluding hydrogens is 262 g/mol. The fourth-order valence-electron chi connectivity index (χ4n) is 1.12. The molecule has 1 aromatic heterocycles. The van der Waals surface area contributed by atoms with Crippen LogP contribution in [0.15, 0.2) is 15.9 Å². The van der Waals surface area contributed by atoms with Crippen LogP contribution in [0, 0.1) is 0 Å². The van der Waals surface area contributed by atoms with Gasteiger partial charge < -0.3 is 10.5 Å². The van der Waals surface area contributed by atoms with E-state index in [0.717, 1.165) is 10.2 Å². The van der Waals surface area contributed by atoms with Crippen LogP contribution in [0.5, 0.6) is 0 Å². The second kappa shape index (κ2) is 5.85. The maximum Gasteiger partial charge on any atom is 0.104 e. The summed E-state index contributed by atoms with van der Waals surface area (Å²) in [4.78, 5) is 1.19. The van der Waals surface area contributed by atoms with Gasteiger partial charge in [-0.3, -0.25) is 0 Å². The van der Waals surface area contributed by atoms with Crippen molar-refractivity contribution >= 4 is 27.3 Å². The van der Waals surface area contributed by atoms with Crippen molar-refractivity contribution < 1.29 is 4.74 Å². The largest absolute Gasteiger partial charge is 0.368 e. The van der Waals surface area contributed by atoms with E-state index in [-0.39, 0.29) is 12.2 Å². The van der Waals surface area contributed by atoms with Gasteiger partial charge in [-0.2, -0.15) is 0 Å². The van der Waals surface area contributed by atoms with E-state index in [4.69, 9.17) is 10.5 Å². The van der Waals surface area contributed by atoms with Gasteiger partial charge in [-0.1, -0.05) is 6.92 Å². The maximum atomic E-state index is 5.81. The second-order valence-corrected chi connectivity index (χ2v) is 5.72. The molecule has 0 saturated heterocycles. The molecule has 2 N–H and O–H groups in total. The topological polar surface area (TPSA) is 35.2 Å². The highest BCUT2D eigenvalue weighted by Crippen LogP contribution is 2.29. The van der Waals surface area contributed by atoms with Gasteiger partial charge in [0, 0.05) is 11.4 Å². The van der Waals surface area contributed by atoms with Crippen LogP contribution in [0.25, 0.3) is 0 Å². The van der Waals surface area contributed by atoms with Crippen molar-refractivity contribution in [3.63, 3.8) is 0 Å². The highest BCUT2D eigenvalue weighted by Gasteiger charge is 2.14. The standard InChI is InChI=1S/C10H16BrNOS/c1-3-7(2)13-8(6-12)9-4-5-10(11)14-9/h4-5,7-8H,3,6,12H2,1-2H3. The summed E-state index contributed by atoms with van der Waals surface area (Å²) in [7, 11) is 0. The molecule has 14 heavy (non-hydrogen) atoms. The first-order valence-electron chi connectivity index (χ1n) is 4.78. The third-order valence-electron chi connectivity index (χ3n) is 2.10. The summed E-state index contributed by atoms with van der Waals surface area (Å²) >= 11 is 5.12. The molecule has 2 atom stereocenters. The van der Waals surface area contributed by atoms with Crippen LogP contribution in [0.2, 0.25) is 0 Å². The van der Waals surface area contributed by atoms with Crippen LogP contribution in [0.4, 0.5) is 0 Å². The second-order valence-electron chi connectivity index (χ2n) is 3.22. The van der Waals surface area contributed by atoms with Crippen molar-refractivity contribution in [2.24, 2.45) is 5.73 Å². The van der Waals surface area contributed by atoms with Gasteiger partial charge in [0.15, 0.2) is 0 Å². The van der Waals surface area contributed by atoms with Crippen LogP contribution in [0.1, 0.15) is 31.2 Å². The number of thiophene rings is 1. The van der Waals surface area contributed by atoms with E-state index in [0.29, 0.717) is 6.54 Å². The van der Waals surface area contributed by atoms with E-state index < -0.39 is 0 Å². The molecule has 0 aliphatic rings. The summed E-state index contributed by atoms with van der Waals surface area (Å²) in [6.07, 6.45) is 1.33. The monoisotopic (exact) mass is 277 g/mol. The van der Waals surface area contributed by atoms with Gasteiger partial charge in [-0.25, -0.2) is 0 Å². The van der Waals surface area contributed by atoms with Gasteiger partial charge in [0.2, 0.25) is 0 Å². The fraction of sp³-hybridized carbons (Fsp3) is 0.600. The molecule has 80 valence electrons. The normalized spacial score (nSPS) is 15.4. The van der Waals surface area contributed by atoms with Gasteiger partial charge in [-0.05, 0) is 41.4 Å². The zero-order valence-electron chi connectivity index (χ0n) is 8.50. The molecule has 1 heterocycles. The minimum atomic E-state index is 0.0428. The zero-order valence-corrected chi connectivity index (χ0v) is 10.9. The maximum absolute atomic E-state index is 5.81. The van der Waals surface area contributed by atoms with E-state index in [2.05, 4.69) is 35.8 Å². The predicted octanol–water partition coefficient (Wildman–Crippen LogP) is 3.33. The summed E-state index contributed by atoms with van der Waals surface area (Å²) in [5.41, 5.74) is 5.68. The van der Waals surface area contributed by atoms with E-state index in [1.54, 1.807) is 11.3 Å². The molecule has 0 bridgehead atoms. The molecule has 0 fully saturated rings. The number of halogens is 1. The van der Waals surface area contributed by atoms with Crippen molar-refractivity contribution in [1.82, 2.24) is 0 Å². The SMILES string of the molecule is CCC(C)OC(CN)c1ccc(Br)s1. The first-order valence-corrected chi connectivity index (χ1v) is 6.39. The van der Waals surface area contributed by atoms with Crippen LogP contribution in [-0.4, -0.2) is 12.6 Å². The van der Waals surface area contributed by atoms with Crippen molar-refractivity contribution in [3.05, 3.63) is 20.8 Å². The third kappa shape index (κ3) is 3.35. The molecule has 0 saturated carbocycles. The Morgan fingerprint density at radius 3 is 2.71 bits per heavy atom. The summed E-state index contributed by atoms with van der Waals surface area (Å²) < 4.78 is 6.94. The number of hydrogen-bond donors (Lipinski definition) is 1. The van der Waals surface area contributed by atoms with Gasteiger partial charge in [0.05, 0.1) is 9.89 Å². The first-order chi connectivity index (χ1) is 6.67. The smallest absolute Gasteiger partial charge is 0.104 e. The molecule has 0 radical (unpaired) electrons. The molecule has 1 aromatic rings. The molecular formula is C10H16BrNOS. The van der Waals surface area contributed by atoms with E-state index in [1.165, 1.54) is 4.88 Å². The van der Waals surface area contributed by atoms with E-state index >= 15 is 0 Å². The summed E-state index contributed by atoms with van der Waals surface area (Å²) in [6.45, 7) is 4.73. The Hall–Kier alpha value is 0.1000. The van der Waals surface area contributed by atoms with E-state index in [9.17, 15) is 0 Å². The Kier molecular flexibility index (Phi) is 5.09.